The molecule has 1 N–H and O–H groups in total. The molecule has 0 aromatic carbocycles. The second-order valence-corrected chi connectivity index (χ2v) is 5.45. The van der Waals surface area contributed by atoms with Crippen molar-refractivity contribution in [2.75, 3.05) is 7.11 Å². The lowest BCUT2D eigenvalue weighted by molar-refractivity contribution is -0.163. The minimum Gasteiger partial charge on any atom is -0.455 e. The van der Waals surface area contributed by atoms with Gasteiger partial charge in [0.25, 0.3) is 0 Å². The zero-order valence-corrected chi connectivity index (χ0v) is 10.2. The molecule has 17 heavy (non-hydrogen) atoms. The molecule has 4 nitrogen and oxygen atoms in total. The third-order valence-corrected chi connectivity index (χ3v) is 4.93. The molecule has 0 bridgehead atoms. The third-order valence-electron chi connectivity index (χ3n) is 4.93. The van der Waals surface area contributed by atoms with Gasteiger partial charge in [-0.15, -0.1) is 0 Å². The molecule has 1 saturated heterocycles. The number of methoxy groups -OCH3 is 1. The first-order valence-corrected chi connectivity index (χ1v) is 6.18. The maximum absolute atomic E-state index is 11.8. The molecule has 1 spiro atoms. The van der Waals surface area contributed by atoms with Crippen molar-refractivity contribution in [3.8, 4) is 0 Å². The summed E-state index contributed by atoms with van der Waals surface area (Å²) in [7, 11) is 1.66. The fourth-order valence-electron chi connectivity index (χ4n) is 3.87. The van der Waals surface area contributed by atoms with Crippen LogP contribution in [0.1, 0.15) is 26.2 Å². The topological polar surface area (TPSA) is 55.8 Å². The summed E-state index contributed by atoms with van der Waals surface area (Å²) in [4.78, 5) is 11.8. The van der Waals surface area contributed by atoms with E-state index in [2.05, 4.69) is 6.08 Å². The number of ether oxygens (including phenoxy) is 2. The van der Waals surface area contributed by atoms with Crippen molar-refractivity contribution >= 4 is 5.97 Å². The van der Waals surface area contributed by atoms with Crippen molar-refractivity contribution in [1.29, 1.82) is 0 Å². The van der Waals surface area contributed by atoms with E-state index in [9.17, 15) is 9.90 Å². The van der Waals surface area contributed by atoms with Crippen LogP contribution in [0.4, 0.5) is 0 Å². The molecule has 4 heteroatoms. The van der Waals surface area contributed by atoms with Crippen LogP contribution in [0.15, 0.2) is 12.2 Å². The van der Waals surface area contributed by atoms with Gasteiger partial charge in [-0.05, 0) is 13.3 Å². The number of hydrogen-bond donors (Lipinski definition) is 1. The first kappa shape index (κ1) is 11.2. The zero-order chi connectivity index (χ0) is 12.3. The highest BCUT2D eigenvalue weighted by Gasteiger charge is 2.73. The van der Waals surface area contributed by atoms with Crippen LogP contribution in [0.2, 0.25) is 0 Å². The van der Waals surface area contributed by atoms with Gasteiger partial charge >= 0.3 is 5.97 Å². The number of allylic oxidation sites excluding steroid dienone is 1. The van der Waals surface area contributed by atoms with Gasteiger partial charge in [-0.3, -0.25) is 4.79 Å². The summed E-state index contributed by atoms with van der Waals surface area (Å²) in [5, 5.41) is 10.9. The lowest BCUT2D eigenvalue weighted by Crippen LogP contribution is -2.53. The number of hydrogen-bond acceptors (Lipinski definition) is 4. The minimum atomic E-state index is -1.07. The standard InChI is InChI=1S/C13H18O4/c1-8-11(14)17-13-6-4-3-5-9(13)10(16-2)7-12(8,13)15/h3-4,8-10,15H,5-7H2,1-2H3/t8-,9-,10-,12?,13-/m1/s1. The van der Waals surface area contributed by atoms with E-state index in [0.717, 1.165) is 6.42 Å². The normalized spacial score (nSPS) is 52.2. The molecule has 5 atom stereocenters. The second kappa shape index (κ2) is 3.33. The molecule has 2 fully saturated rings. The highest BCUT2D eigenvalue weighted by molar-refractivity contribution is 5.78. The number of rotatable bonds is 1. The average Bonchev–Trinajstić information content (AvgIpc) is 2.68. The summed E-state index contributed by atoms with van der Waals surface area (Å²) in [6.07, 6.45) is 5.96. The molecule has 1 aliphatic heterocycles. The molecular weight excluding hydrogens is 220 g/mol. The first-order valence-electron chi connectivity index (χ1n) is 6.18. The van der Waals surface area contributed by atoms with E-state index in [-0.39, 0.29) is 18.0 Å². The molecule has 1 heterocycles. The van der Waals surface area contributed by atoms with Crippen molar-refractivity contribution in [1.82, 2.24) is 0 Å². The van der Waals surface area contributed by atoms with Crippen LogP contribution in [-0.2, 0) is 14.3 Å². The fourth-order valence-corrected chi connectivity index (χ4v) is 3.87. The number of carbonyl (C=O) groups excluding carboxylic acids is 1. The summed E-state index contributed by atoms with van der Waals surface area (Å²) in [5.41, 5.74) is -1.82. The predicted octanol–water partition coefficient (Wildman–Crippen LogP) is 1.03. The second-order valence-electron chi connectivity index (χ2n) is 5.45. The van der Waals surface area contributed by atoms with E-state index >= 15 is 0 Å². The fraction of sp³-hybridized carbons (Fsp3) is 0.769. The Hall–Kier alpha value is -0.870. The maximum Gasteiger partial charge on any atom is 0.312 e. The van der Waals surface area contributed by atoms with Crippen LogP contribution in [0.25, 0.3) is 0 Å². The monoisotopic (exact) mass is 238 g/mol. The van der Waals surface area contributed by atoms with Gasteiger partial charge in [-0.2, -0.15) is 0 Å². The molecule has 2 aliphatic carbocycles. The Morgan fingerprint density at radius 2 is 2.29 bits per heavy atom. The smallest absolute Gasteiger partial charge is 0.312 e. The SMILES string of the molecule is CO[C@@H]1CC2(O)[C@H](C)C(=O)O[C@@]23CC=CC[C@H]13. The summed E-state index contributed by atoms with van der Waals surface area (Å²) in [5.74, 6) is -0.657. The van der Waals surface area contributed by atoms with Gasteiger partial charge in [0.1, 0.15) is 5.60 Å². The molecule has 0 amide bonds. The molecule has 0 radical (unpaired) electrons. The van der Waals surface area contributed by atoms with Gasteiger partial charge in [0, 0.05) is 25.9 Å². The van der Waals surface area contributed by atoms with E-state index in [1.165, 1.54) is 0 Å². The van der Waals surface area contributed by atoms with Crippen molar-refractivity contribution in [3.05, 3.63) is 12.2 Å². The van der Waals surface area contributed by atoms with Gasteiger partial charge in [0.15, 0.2) is 5.60 Å². The summed E-state index contributed by atoms with van der Waals surface area (Å²) in [6, 6.07) is 0. The molecule has 0 aromatic rings. The predicted molar refractivity (Wildman–Crippen MR) is 60.2 cm³/mol. The van der Waals surface area contributed by atoms with Crippen LogP contribution in [0.3, 0.4) is 0 Å². The van der Waals surface area contributed by atoms with Crippen molar-refractivity contribution in [2.45, 2.75) is 43.5 Å². The Morgan fingerprint density at radius 3 is 3.00 bits per heavy atom. The van der Waals surface area contributed by atoms with Crippen LogP contribution in [0, 0.1) is 11.8 Å². The quantitative estimate of drug-likeness (QED) is 0.547. The molecule has 3 rings (SSSR count). The van der Waals surface area contributed by atoms with Gasteiger partial charge in [-0.1, -0.05) is 12.2 Å². The molecule has 1 unspecified atom stereocenters. The third kappa shape index (κ3) is 1.13. The molecule has 0 aromatic heterocycles. The number of esters is 1. The molecule has 1 saturated carbocycles. The zero-order valence-electron chi connectivity index (χ0n) is 10.2. The molecular formula is C13H18O4. The van der Waals surface area contributed by atoms with Crippen LogP contribution >= 0.6 is 0 Å². The van der Waals surface area contributed by atoms with Gasteiger partial charge < -0.3 is 14.6 Å². The highest BCUT2D eigenvalue weighted by atomic mass is 16.6. The Bertz CT molecular complexity index is 391. The van der Waals surface area contributed by atoms with Crippen molar-refractivity contribution in [2.24, 2.45) is 11.8 Å². The van der Waals surface area contributed by atoms with Gasteiger partial charge in [-0.25, -0.2) is 0 Å². The highest BCUT2D eigenvalue weighted by Crippen LogP contribution is 2.59. The lowest BCUT2D eigenvalue weighted by Gasteiger charge is -2.40. The largest absolute Gasteiger partial charge is 0.455 e. The Labute approximate surface area is 101 Å². The van der Waals surface area contributed by atoms with E-state index in [1.54, 1.807) is 14.0 Å². The maximum atomic E-state index is 11.8. The Morgan fingerprint density at radius 1 is 1.53 bits per heavy atom. The summed E-state index contributed by atoms with van der Waals surface area (Å²) in [6.45, 7) is 1.75. The van der Waals surface area contributed by atoms with Gasteiger partial charge in [0.2, 0.25) is 0 Å². The Balaban J connectivity index is 2.09. The van der Waals surface area contributed by atoms with Crippen LogP contribution in [-0.4, -0.2) is 35.5 Å². The van der Waals surface area contributed by atoms with E-state index in [1.807, 2.05) is 6.08 Å². The number of aliphatic hydroxyl groups is 1. The molecule has 3 aliphatic rings. The summed E-state index contributed by atoms with van der Waals surface area (Å²) >= 11 is 0. The van der Waals surface area contributed by atoms with E-state index in [0.29, 0.717) is 12.8 Å². The van der Waals surface area contributed by atoms with Crippen molar-refractivity contribution in [3.63, 3.8) is 0 Å². The van der Waals surface area contributed by atoms with E-state index < -0.39 is 17.1 Å². The summed E-state index contributed by atoms with van der Waals surface area (Å²) < 4.78 is 11.1. The first-order chi connectivity index (χ1) is 8.05. The van der Waals surface area contributed by atoms with Crippen LogP contribution in [0.5, 0.6) is 0 Å². The molecule has 94 valence electrons. The van der Waals surface area contributed by atoms with Crippen molar-refractivity contribution < 1.29 is 19.4 Å². The van der Waals surface area contributed by atoms with Crippen LogP contribution < -0.4 is 0 Å². The number of carbonyl (C=O) groups is 1. The lowest BCUT2D eigenvalue weighted by atomic mass is 9.71. The minimum absolute atomic E-state index is 0.0273. The Kier molecular flexibility index (Phi) is 2.20. The average molecular weight is 238 g/mol. The van der Waals surface area contributed by atoms with Gasteiger partial charge in [0.05, 0.1) is 12.0 Å². The van der Waals surface area contributed by atoms with E-state index in [4.69, 9.17) is 9.47 Å².